The lowest BCUT2D eigenvalue weighted by Gasteiger charge is -2.33. The van der Waals surface area contributed by atoms with E-state index in [0.717, 1.165) is 19.4 Å². The molecule has 1 unspecified atom stereocenters. The van der Waals surface area contributed by atoms with Gasteiger partial charge in [0.15, 0.2) is 0 Å². The van der Waals surface area contributed by atoms with Crippen LogP contribution in [-0.2, 0) is 9.59 Å². The van der Waals surface area contributed by atoms with Crippen molar-refractivity contribution in [3.63, 3.8) is 0 Å². The molecular weight excluding hydrogens is 218 g/mol. The van der Waals surface area contributed by atoms with Gasteiger partial charge in [0.2, 0.25) is 11.8 Å². The fourth-order valence-corrected chi connectivity index (χ4v) is 1.96. The number of carbonyl (C=O) groups excluding carboxylic acids is 2. The minimum atomic E-state index is -0.0465. The predicted octanol–water partition coefficient (Wildman–Crippen LogP) is -0.664. The van der Waals surface area contributed by atoms with E-state index in [1.807, 2.05) is 0 Å². The number of hydrogen-bond acceptors (Lipinski definition) is 3. The number of rotatable bonds is 4. The molecule has 2 N–H and O–H groups in total. The summed E-state index contributed by atoms with van der Waals surface area (Å²) in [5.41, 5.74) is 0. The van der Waals surface area contributed by atoms with E-state index in [0.29, 0.717) is 13.1 Å². The van der Waals surface area contributed by atoms with Crippen LogP contribution in [0.25, 0.3) is 0 Å². The highest BCUT2D eigenvalue weighted by molar-refractivity contribution is 5.78. The van der Waals surface area contributed by atoms with Crippen molar-refractivity contribution < 1.29 is 9.59 Å². The van der Waals surface area contributed by atoms with Gasteiger partial charge in [-0.25, -0.2) is 0 Å². The Hall–Kier alpha value is -1.54. The van der Waals surface area contributed by atoms with Crippen LogP contribution in [0, 0.1) is 12.3 Å². The van der Waals surface area contributed by atoms with Gasteiger partial charge in [0, 0.05) is 26.1 Å². The molecule has 0 radical (unpaired) electrons. The first-order valence-electron chi connectivity index (χ1n) is 5.82. The van der Waals surface area contributed by atoms with E-state index in [1.165, 1.54) is 6.92 Å². The van der Waals surface area contributed by atoms with Crippen LogP contribution in [0.2, 0.25) is 0 Å². The number of hydrogen-bond donors (Lipinski definition) is 2. The maximum absolute atomic E-state index is 11.8. The molecule has 0 saturated carbocycles. The molecule has 5 nitrogen and oxygen atoms in total. The molecule has 0 aliphatic carbocycles. The Morgan fingerprint density at radius 1 is 1.53 bits per heavy atom. The van der Waals surface area contributed by atoms with Crippen molar-refractivity contribution in [2.24, 2.45) is 0 Å². The van der Waals surface area contributed by atoms with Gasteiger partial charge < -0.3 is 10.2 Å². The van der Waals surface area contributed by atoms with Crippen molar-refractivity contribution in [1.29, 1.82) is 0 Å². The van der Waals surface area contributed by atoms with Crippen LogP contribution in [0.4, 0.5) is 0 Å². The third kappa shape index (κ3) is 4.87. The lowest BCUT2D eigenvalue weighted by atomic mass is 10.1. The van der Waals surface area contributed by atoms with E-state index in [2.05, 4.69) is 16.6 Å². The van der Waals surface area contributed by atoms with Gasteiger partial charge >= 0.3 is 0 Å². The van der Waals surface area contributed by atoms with Crippen molar-refractivity contribution in [2.45, 2.75) is 25.8 Å². The van der Waals surface area contributed by atoms with Crippen molar-refractivity contribution in [1.82, 2.24) is 15.5 Å². The standard InChI is InChI=1S/C12H19N3O2/c1-3-6-13-8-12(17)15-7-4-5-11(9-15)14-10(2)16/h1,11,13H,4-9H2,2H3,(H,14,16). The summed E-state index contributed by atoms with van der Waals surface area (Å²) in [6.07, 6.45) is 6.94. The van der Waals surface area contributed by atoms with Crippen LogP contribution in [0.15, 0.2) is 0 Å². The molecule has 1 fully saturated rings. The van der Waals surface area contributed by atoms with E-state index in [4.69, 9.17) is 6.42 Å². The normalized spacial score (nSPS) is 19.5. The molecule has 1 atom stereocenters. The second kappa shape index (κ2) is 6.92. The highest BCUT2D eigenvalue weighted by atomic mass is 16.2. The zero-order valence-corrected chi connectivity index (χ0v) is 10.2. The van der Waals surface area contributed by atoms with Crippen LogP contribution < -0.4 is 10.6 Å². The number of carbonyl (C=O) groups is 2. The van der Waals surface area contributed by atoms with Gasteiger partial charge in [0.05, 0.1) is 13.1 Å². The zero-order valence-electron chi connectivity index (χ0n) is 10.2. The van der Waals surface area contributed by atoms with E-state index in [1.54, 1.807) is 4.90 Å². The Morgan fingerprint density at radius 3 is 2.94 bits per heavy atom. The highest BCUT2D eigenvalue weighted by Crippen LogP contribution is 2.09. The Morgan fingerprint density at radius 2 is 2.29 bits per heavy atom. The molecule has 94 valence electrons. The van der Waals surface area contributed by atoms with Crippen molar-refractivity contribution in [2.75, 3.05) is 26.2 Å². The molecule has 1 saturated heterocycles. The summed E-state index contributed by atoms with van der Waals surface area (Å²) in [5.74, 6) is 2.41. The van der Waals surface area contributed by atoms with E-state index < -0.39 is 0 Å². The smallest absolute Gasteiger partial charge is 0.236 e. The number of likely N-dealkylation sites (tertiary alicyclic amines) is 1. The Kier molecular flexibility index (Phi) is 5.50. The van der Waals surface area contributed by atoms with Gasteiger partial charge in [0.25, 0.3) is 0 Å². The molecule has 1 rings (SSSR count). The quantitative estimate of drug-likeness (QED) is 0.504. The van der Waals surface area contributed by atoms with Gasteiger partial charge in [-0.2, -0.15) is 0 Å². The first-order valence-corrected chi connectivity index (χ1v) is 5.82. The topological polar surface area (TPSA) is 61.4 Å². The first kappa shape index (κ1) is 13.5. The molecule has 0 aromatic carbocycles. The largest absolute Gasteiger partial charge is 0.352 e. The first-order chi connectivity index (χ1) is 8.13. The van der Waals surface area contributed by atoms with Gasteiger partial charge in [-0.15, -0.1) is 6.42 Å². The lowest BCUT2D eigenvalue weighted by molar-refractivity contribution is -0.132. The molecule has 0 spiro atoms. The van der Waals surface area contributed by atoms with Crippen LogP contribution >= 0.6 is 0 Å². The fourth-order valence-electron chi connectivity index (χ4n) is 1.96. The third-order valence-electron chi connectivity index (χ3n) is 2.68. The summed E-state index contributed by atoms with van der Waals surface area (Å²) in [7, 11) is 0. The van der Waals surface area contributed by atoms with Crippen molar-refractivity contribution in [3.05, 3.63) is 0 Å². The minimum absolute atomic E-state index is 0.0373. The highest BCUT2D eigenvalue weighted by Gasteiger charge is 2.23. The van der Waals surface area contributed by atoms with Gasteiger partial charge in [-0.3, -0.25) is 14.9 Å². The maximum atomic E-state index is 11.8. The zero-order chi connectivity index (χ0) is 12.7. The minimum Gasteiger partial charge on any atom is -0.352 e. The number of piperidine rings is 1. The Labute approximate surface area is 102 Å². The van der Waals surface area contributed by atoms with Crippen LogP contribution in [0.3, 0.4) is 0 Å². The Bertz CT molecular complexity index is 322. The van der Waals surface area contributed by atoms with Gasteiger partial charge in [0.1, 0.15) is 0 Å². The number of terminal acetylenes is 1. The molecule has 0 bridgehead atoms. The molecule has 2 amide bonds. The average molecular weight is 237 g/mol. The second-order valence-corrected chi connectivity index (χ2v) is 4.19. The lowest BCUT2D eigenvalue weighted by Crippen LogP contribution is -2.51. The summed E-state index contributed by atoms with van der Waals surface area (Å²) >= 11 is 0. The van der Waals surface area contributed by atoms with E-state index in [9.17, 15) is 9.59 Å². The number of amides is 2. The van der Waals surface area contributed by atoms with Crippen molar-refractivity contribution >= 4 is 11.8 Å². The van der Waals surface area contributed by atoms with Crippen LogP contribution in [-0.4, -0.2) is 48.9 Å². The van der Waals surface area contributed by atoms with Gasteiger partial charge in [-0.05, 0) is 12.8 Å². The second-order valence-electron chi connectivity index (χ2n) is 4.19. The summed E-state index contributed by atoms with van der Waals surface area (Å²) in [6.45, 7) is 3.50. The monoisotopic (exact) mass is 237 g/mol. The summed E-state index contributed by atoms with van der Waals surface area (Å²) in [4.78, 5) is 24.5. The molecule has 5 heteroatoms. The fraction of sp³-hybridized carbons (Fsp3) is 0.667. The Balaban J connectivity index is 2.35. The van der Waals surface area contributed by atoms with E-state index in [-0.39, 0.29) is 24.4 Å². The van der Waals surface area contributed by atoms with Crippen LogP contribution in [0.5, 0.6) is 0 Å². The van der Waals surface area contributed by atoms with Crippen molar-refractivity contribution in [3.8, 4) is 12.3 Å². The molecule has 1 aliphatic rings. The number of nitrogens with one attached hydrogen (secondary N) is 2. The average Bonchev–Trinajstić information content (AvgIpc) is 2.28. The maximum Gasteiger partial charge on any atom is 0.236 e. The van der Waals surface area contributed by atoms with Gasteiger partial charge in [-0.1, -0.05) is 5.92 Å². The molecule has 1 heterocycles. The van der Waals surface area contributed by atoms with Crippen LogP contribution in [0.1, 0.15) is 19.8 Å². The van der Waals surface area contributed by atoms with E-state index >= 15 is 0 Å². The summed E-state index contributed by atoms with van der Waals surface area (Å²) in [6, 6.07) is 0.0813. The molecule has 0 aromatic heterocycles. The summed E-state index contributed by atoms with van der Waals surface area (Å²) < 4.78 is 0. The number of nitrogens with zero attached hydrogens (tertiary/aromatic N) is 1. The molecule has 17 heavy (non-hydrogen) atoms. The molecule has 1 aliphatic heterocycles. The third-order valence-corrected chi connectivity index (χ3v) is 2.68. The summed E-state index contributed by atoms with van der Waals surface area (Å²) in [5, 5.41) is 5.72. The predicted molar refractivity (Wildman–Crippen MR) is 65.1 cm³/mol. The molecule has 0 aromatic rings. The molecular formula is C12H19N3O2. The SMILES string of the molecule is C#CCNCC(=O)N1CCCC(NC(C)=O)C1.